The lowest BCUT2D eigenvalue weighted by molar-refractivity contribution is 0.141. The van der Waals surface area contributed by atoms with Gasteiger partial charge in [0.1, 0.15) is 6.17 Å². The number of alkyl halides is 1. The van der Waals surface area contributed by atoms with Crippen LogP contribution in [0.5, 0.6) is 0 Å². The van der Waals surface area contributed by atoms with Crippen molar-refractivity contribution < 1.29 is 4.39 Å². The van der Waals surface area contributed by atoms with Gasteiger partial charge in [-0.3, -0.25) is 4.90 Å². The summed E-state index contributed by atoms with van der Waals surface area (Å²) in [5, 5.41) is 0. The highest BCUT2D eigenvalue weighted by Crippen LogP contribution is 2.10. The molecule has 1 atom stereocenters. The number of likely N-dealkylation sites (tertiary alicyclic amines) is 1. The Morgan fingerprint density at radius 1 is 1.67 bits per heavy atom. The first-order valence-corrected chi connectivity index (χ1v) is 3.39. The first kappa shape index (κ1) is 6.96. The number of hydrogen-bond acceptors (Lipinski definition) is 2. The summed E-state index contributed by atoms with van der Waals surface area (Å²) >= 11 is 0. The van der Waals surface area contributed by atoms with Crippen LogP contribution in [0.4, 0.5) is 4.39 Å². The lowest BCUT2D eigenvalue weighted by atomic mass is 10.1. The molecule has 1 saturated heterocycles. The number of nitrogens with zero attached hydrogens (tertiary/aromatic N) is 1. The summed E-state index contributed by atoms with van der Waals surface area (Å²) in [4.78, 5) is 1.94. The lowest BCUT2D eigenvalue weighted by Gasteiger charge is -2.26. The van der Waals surface area contributed by atoms with Gasteiger partial charge in [0.15, 0.2) is 0 Å². The number of nitrogens with two attached hydrogens (primary N) is 1. The summed E-state index contributed by atoms with van der Waals surface area (Å²) in [6, 6.07) is 0. The van der Waals surface area contributed by atoms with Gasteiger partial charge in [-0.25, -0.2) is 4.39 Å². The summed E-state index contributed by atoms with van der Waals surface area (Å²) in [5.74, 6) is 0. The summed E-state index contributed by atoms with van der Waals surface area (Å²) < 4.78 is 12.5. The van der Waals surface area contributed by atoms with E-state index in [0.29, 0.717) is 13.2 Å². The minimum absolute atomic E-state index is 0.500. The van der Waals surface area contributed by atoms with Crippen molar-refractivity contribution in [1.82, 2.24) is 4.90 Å². The second-order valence-electron chi connectivity index (χ2n) is 2.50. The van der Waals surface area contributed by atoms with Crippen LogP contribution in [0.3, 0.4) is 0 Å². The molecule has 0 spiro atoms. The smallest absolute Gasteiger partial charge is 0.113 e. The molecule has 0 saturated carbocycles. The third kappa shape index (κ3) is 1.91. The Morgan fingerprint density at radius 3 is 2.89 bits per heavy atom. The Morgan fingerprint density at radius 2 is 2.44 bits per heavy atom. The van der Waals surface area contributed by atoms with Crippen molar-refractivity contribution >= 4 is 0 Å². The van der Waals surface area contributed by atoms with Gasteiger partial charge in [-0.1, -0.05) is 0 Å². The molecule has 1 rings (SSSR count). The van der Waals surface area contributed by atoms with Crippen molar-refractivity contribution in [2.75, 3.05) is 19.8 Å². The van der Waals surface area contributed by atoms with Gasteiger partial charge in [-0.05, 0) is 19.4 Å². The van der Waals surface area contributed by atoms with E-state index in [2.05, 4.69) is 0 Å². The molecule has 3 heteroatoms. The molecule has 2 nitrogen and oxygen atoms in total. The van der Waals surface area contributed by atoms with Crippen LogP contribution in [0, 0.1) is 0 Å². The van der Waals surface area contributed by atoms with Crippen LogP contribution in [-0.2, 0) is 0 Å². The van der Waals surface area contributed by atoms with Crippen LogP contribution in [-0.4, -0.2) is 30.8 Å². The Labute approximate surface area is 54.8 Å². The fourth-order valence-corrected chi connectivity index (χ4v) is 1.16. The minimum atomic E-state index is -0.637. The largest absolute Gasteiger partial charge is 0.318 e. The maximum Gasteiger partial charge on any atom is 0.113 e. The molecular formula is C6H13FN2. The molecule has 1 aliphatic heterocycles. The zero-order valence-corrected chi connectivity index (χ0v) is 5.52. The van der Waals surface area contributed by atoms with Gasteiger partial charge in [0.05, 0.1) is 0 Å². The van der Waals surface area contributed by atoms with Crippen LogP contribution in [0.15, 0.2) is 0 Å². The molecule has 0 radical (unpaired) electrons. The molecule has 0 aromatic carbocycles. The van der Waals surface area contributed by atoms with Crippen molar-refractivity contribution in [3.63, 3.8) is 0 Å². The monoisotopic (exact) mass is 132 g/mol. The van der Waals surface area contributed by atoms with E-state index in [-0.39, 0.29) is 0 Å². The number of piperidine rings is 1. The maximum absolute atomic E-state index is 12.5. The third-order valence-corrected chi connectivity index (χ3v) is 1.71. The van der Waals surface area contributed by atoms with Gasteiger partial charge in [-0.15, -0.1) is 0 Å². The van der Waals surface area contributed by atoms with E-state index in [4.69, 9.17) is 5.73 Å². The molecule has 1 aliphatic rings. The molecule has 0 aromatic heterocycles. The highest BCUT2D eigenvalue weighted by atomic mass is 19.1. The first-order valence-electron chi connectivity index (χ1n) is 3.39. The van der Waals surface area contributed by atoms with Gasteiger partial charge in [0.25, 0.3) is 0 Å². The van der Waals surface area contributed by atoms with Crippen molar-refractivity contribution in [3.05, 3.63) is 0 Å². The SMILES string of the molecule is NCN1CCCC(F)C1. The molecule has 9 heavy (non-hydrogen) atoms. The molecular weight excluding hydrogens is 119 g/mol. The van der Waals surface area contributed by atoms with E-state index < -0.39 is 6.17 Å². The predicted molar refractivity (Wildman–Crippen MR) is 34.8 cm³/mol. The molecule has 1 heterocycles. The van der Waals surface area contributed by atoms with Crippen molar-refractivity contribution in [1.29, 1.82) is 0 Å². The highest BCUT2D eigenvalue weighted by molar-refractivity contribution is 4.70. The minimum Gasteiger partial charge on any atom is -0.318 e. The zero-order chi connectivity index (χ0) is 6.69. The summed E-state index contributed by atoms with van der Waals surface area (Å²) in [6.07, 6.45) is 1.04. The Bertz CT molecular complexity index is 87.1. The van der Waals surface area contributed by atoms with Crippen molar-refractivity contribution in [2.45, 2.75) is 19.0 Å². The van der Waals surface area contributed by atoms with E-state index in [1.165, 1.54) is 0 Å². The first-order chi connectivity index (χ1) is 4.33. The summed E-state index contributed by atoms with van der Waals surface area (Å²) in [5.41, 5.74) is 5.32. The lowest BCUT2D eigenvalue weighted by Crippen LogP contribution is -2.39. The average molecular weight is 132 g/mol. The fraction of sp³-hybridized carbons (Fsp3) is 1.00. The molecule has 1 fully saturated rings. The maximum atomic E-state index is 12.5. The Hall–Kier alpha value is -0.150. The van der Waals surface area contributed by atoms with E-state index in [1.54, 1.807) is 0 Å². The number of rotatable bonds is 1. The average Bonchev–Trinajstić information content (AvgIpc) is 1.88. The van der Waals surface area contributed by atoms with Gasteiger partial charge >= 0.3 is 0 Å². The van der Waals surface area contributed by atoms with Crippen LogP contribution in [0.1, 0.15) is 12.8 Å². The number of halogens is 1. The summed E-state index contributed by atoms with van der Waals surface area (Å²) in [7, 11) is 0. The molecule has 0 bridgehead atoms. The van der Waals surface area contributed by atoms with Crippen molar-refractivity contribution in [3.8, 4) is 0 Å². The van der Waals surface area contributed by atoms with Gasteiger partial charge in [-0.2, -0.15) is 0 Å². The standard InChI is InChI=1S/C6H13FN2/c7-6-2-1-3-9(4-6)5-8/h6H,1-5,8H2. The third-order valence-electron chi connectivity index (χ3n) is 1.71. The predicted octanol–water partition coefficient (Wildman–Crippen LogP) is 0.336. The second kappa shape index (κ2) is 3.13. The van der Waals surface area contributed by atoms with Gasteiger partial charge in [0.2, 0.25) is 0 Å². The fourth-order valence-electron chi connectivity index (χ4n) is 1.16. The molecule has 0 aliphatic carbocycles. The summed E-state index contributed by atoms with van der Waals surface area (Å²) in [6.45, 7) is 2.01. The van der Waals surface area contributed by atoms with Crippen LogP contribution in [0.25, 0.3) is 0 Å². The molecule has 0 aromatic rings. The normalized spacial score (nSPS) is 30.7. The second-order valence-corrected chi connectivity index (χ2v) is 2.50. The van der Waals surface area contributed by atoms with E-state index in [9.17, 15) is 4.39 Å². The van der Waals surface area contributed by atoms with Gasteiger partial charge in [0, 0.05) is 13.2 Å². The topological polar surface area (TPSA) is 29.3 Å². The molecule has 1 unspecified atom stereocenters. The Kier molecular flexibility index (Phi) is 2.42. The quantitative estimate of drug-likeness (QED) is 0.557. The molecule has 2 N–H and O–H groups in total. The molecule has 54 valence electrons. The van der Waals surface area contributed by atoms with Crippen LogP contribution < -0.4 is 5.73 Å². The Balaban J connectivity index is 2.23. The van der Waals surface area contributed by atoms with E-state index in [0.717, 1.165) is 19.4 Å². The van der Waals surface area contributed by atoms with Crippen LogP contribution >= 0.6 is 0 Å². The van der Waals surface area contributed by atoms with Crippen molar-refractivity contribution in [2.24, 2.45) is 5.73 Å². The zero-order valence-electron chi connectivity index (χ0n) is 5.52. The van der Waals surface area contributed by atoms with E-state index >= 15 is 0 Å². The number of hydrogen-bond donors (Lipinski definition) is 1. The van der Waals surface area contributed by atoms with Crippen LogP contribution in [0.2, 0.25) is 0 Å². The van der Waals surface area contributed by atoms with Gasteiger partial charge < -0.3 is 5.73 Å². The van der Waals surface area contributed by atoms with E-state index in [1.807, 2.05) is 4.90 Å². The molecule has 0 amide bonds. The highest BCUT2D eigenvalue weighted by Gasteiger charge is 2.16.